The summed E-state index contributed by atoms with van der Waals surface area (Å²) in [7, 11) is -3.13. The Morgan fingerprint density at radius 1 is 1.47 bits per heavy atom. The lowest BCUT2D eigenvalue weighted by Gasteiger charge is -2.26. The summed E-state index contributed by atoms with van der Waals surface area (Å²) >= 11 is 0. The molecule has 6 heteroatoms. The first-order valence-corrected chi connectivity index (χ1v) is 7.11. The molecule has 5 nitrogen and oxygen atoms in total. The van der Waals surface area contributed by atoms with Crippen LogP contribution >= 0.6 is 0 Å². The van der Waals surface area contributed by atoms with Gasteiger partial charge >= 0.3 is 0 Å². The van der Waals surface area contributed by atoms with Crippen LogP contribution in [0.2, 0.25) is 0 Å². The summed E-state index contributed by atoms with van der Waals surface area (Å²) < 4.78 is 33.6. The van der Waals surface area contributed by atoms with E-state index in [9.17, 15) is 8.42 Å². The third-order valence-corrected chi connectivity index (χ3v) is 3.67. The number of hydrogen-bond donors (Lipinski definition) is 1. The van der Waals surface area contributed by atoms with Gasteiger partial charge in [0.05, 0.1) is 13.2 Å². The average Bonchev–Trinajstić information content (AvgIpc) is 2.88. The van der Waals surface area contributed by atoms with Gasteiger partial charge in [-0.25, -0.2) is 8.42 Å². The average molecular weight is 236 g/mol. The third-order valence-electron chi connectivity index (χ3n) is 2.75. The van der Waals surface area contributed by atoms with Gasteiger partial charge in [0.25, 0.3) is 0 Å². The molecule has 1 aliphatic heterocycles. The number of aliphatic hydroxyl groups is 1. The minimum atomic E-state index is -3.13. The Kier molecular flexibility index (Phi) is 2.79. The van der Waals surface area contributed by atoms with Crippen LogP contribution in [0.4, 0.5) is 0 Å². The molecule has 0 spiro atoms. The predicted molar refractivity (Wildman–Crippen MR) is 53.1 cm³/mol. The first kappa shape index (κ1) is 11.3. The highest BCUT2D eigenvalue weighted by atomic mass is 32.2. The van der Waals surface area contributed by atoms with Gasteiger partial charge in [0, 0.05) is 12.2 Å². The Hall–Kier alpha value is -0.170. The topological polar surface area (TPSA) is 72.8 Å². The molecule has 2 rings (SSSR count). The zero-order valence-corrected chi connectivity index (χ0v) is 9.50. The van der Waals surface area contributed by atoms with E-state index in [1.54, 1.807) is 0 Å². The molecule has 0 unspecified atom stereocenters. The molecule has 2 aliphatic rings. The molecule has 2 atom stereocenters. The van der Waals surface area contributed by atoms with Crippen molar-refractivity contribution in [3.63, 3.8) is 0 Å². The van der Waals surface area contributed by atoms with Crippen molar-refractivity contribution >= 4 is 9.84 Å². The van der Waals surface area contributed by atoms with Gasteiger partial charge in [0.1, 0.15) is 11.9 Å². The molecule has 0 aromatic rings. The second-order valence-electron chi connectivity index (χ2n) is 4.39. The minimum absolute atomic E-state index is 0.110. The lowest BCUT2D eigenvalue weighted by atomic mass is 10.2. The summed E-state index contributed by atoms with van der Waals surface area (Å²) in [6.45, 7) is 0.154. The third kappa shape index (κ3) is 2.50. The summed E-state index contributed by atoms with van der Waals surface area (Å²) in [5.74, 6) is -0.925. The van der Waals surface area contributed by atoms with Crippen molar-refractivity contribution in [3.8, 4) is 0 Å². The van der Waals surface area contributed by atoms with E-state index in [2.05, 4.69) is 0 Å². The molecule has 1 saturated heterocycles. The fourth-order valence-electron chi connectivity index (χ4n) is 1.97. The molecule has 0 radical (unpaired) electrons. The summed E-state index contributed by atoms with van der Waals surface area (Å²) in [6, 6.07) is 0. The molecule has 0 amide bonds. The Labute approximate surface area is 89.3 Å². The van der Waals surface area contributed by atoms with Gasteiger partial charge in [0.15, 0.2) is 15.6 Å². The van der Waals surface area contributed by atoms with Crippen molar-refractivity contribution in [2.24, 2.45) is 5.92 Å². The fraction of sp³-hybridized carbons (Fsp3) is 1.00. The van der Waals surface area contributed by atoms with Crippen LogP contribution < -0.4 is 0 Å². The van der Waals surface area contributed by atoms with E-state index in [0.717, 1.165) is 12.8 Å². The molecule has 15 heavy (non-hydrogen) atoms. The lowest BCUT2D eigenvalue weighted by Crippen LogP contribution is -2.41. The summed E-state index contributed by atoms with van der Waals surface area (Å²) in [4.78, 5) is 0. The van der Waals surface area contributed by atoms with Gasteiger partial charge in [-0.2, -0.15) is 0 Å². The van der Waals surface area contributed by atoms with E-state index in [1.165, 1.54) is 6.26 Å². The Bertz CT molecular complexity index is 334. The Morgan fingerprint density at radius 3 is 2.53 bits per heavy atom. The Balaban J connectivity index is 2.12. The summed E-state index contributed by atoms with van der Waals surface area (Å²) in [5, 5.41) is 8.94. The highest BCUT2D eigenvalue weighted by Crippen LogP contribution is 2.46. The maximum Gasteiger partial charge on any atom is 0.185 e. The zero-order chi connectivity index (χ0) is 11.1. The van der Waals surface area contributed by atoms with E-state index in [4.69, 9.17) is 14.6 Å². The van der Waals surface area contributed by atoms with Crippen LogP contribution in [-0.4, -0.2) is 50.6 Å². The molecular formula is C9H16O5S. The van der Waals surface area contributed by atoms with Gasteiger partial charge in [-0.1, -0.05) is 0 Å². The maximum absolute atomic E-state index is 11.3. The van der Waals surface area contributed by atoms with Crippen LogP contribution in [0.15, 0.2) is 0 Å². The van der Waals surface area contributed by atoms with Crippen LogP contribution in [0.25, 0.3) is 0 Å². The molecule has 1 saturated carbocycles. The van der Waals surface area contributed by atoms with Crippen molar-refractivity contribution < 1.29 is 23.0 Å². The first-order valence-electron chi connectivity index (χ1n) is 5.05. The molecule has 2 fully saturated rings. The van der Waals surface area contributed by atoms with Crippen LogP contribution in [0.5, 0.6) is 0 Å². The summed E-state index contributed by atoms with van der Waals surface area (Å²) in [5.41, 5.74) is 0. The van der Waals surface area contributed by atoms with E-state index in [0.29, 0.717) is 0 Å². The number of ether oxygens (including phenoxy) is 2. The van der Waals surface area contributed by atoms with Crippen LogP contribution in [0.3, 0.4) is 0 Å². The highest BCUT2D eigenvalue weighted by molar-refractivity contribution is 7.90. The molecule has 0 aromatic carbocycles. The van der Waals surface area contributed by atoms with E-state index >= 15 is 0 Å². The minimum Gasteiger partial charge on any atom is -0.394 e. The van der Waals surface area contributed by atoms with E-state index < -0.39 is 15.6 Å². The molecule has 0 aromatic heterocycles. The fourth-order valence-corrected chi connectivity index (χ4v) is 3.09. The smallest absolute Gasteiger partial charge is 0.185 e. The first-order chi connectivity index (χ1) is 6.95. The number of hydrogen-bond acceptors (Lipinski definition) is 5. The van der Waals surface area contributed by atoms with Gasteiger partial charge in [-0.3, -0.25) is 0 Å². The Morgan fingerprint density at radius 2 is 2.13 bits per heavy atom. The molecule has 1 aliphatic carbocycles. The number of sulfone groups is 1. The molecule has 0 bridgehead atoms. The zero-order valence-electron chi connectivity index (χ0n) is 8.68. The second kappa shape index (κ2) is 3.69. The quantitative estimate of drug-likeness (QED) is 0.715. The number of rotatable bonds is 4. The van der Waals surface area contributed by atoms with Crippen molar-refractivity contribution in [1.82, 2.24) is 0 Å². The molecule has 1 heterocycles. The van der Waals surface area contributed by atoms with Crippen LogP contribution in [0.1, 0.15) is 12.8 Å². The van der Waals surface area contributed by atoms with Crippen molar-refractivity contribution in [2.75, 3.05) is 25.2 Å². The van der Waals surface area contributed by atoms with Crippen molar-refractivity contribution in [3.05, 3.63) is 0 Å². The van der Waals surface area contributed by atoms with E-state index in [1.807, 2.05) is 0 Å². The van der Waals surface area contributed by atoms with Crippen LogP contribution in [0, 0.1) is 5.92 Å². The van der Waals surface area contributed by atoms with E-state index in [-0.39, 0.29) is 31.0 Å². The van der Waals surface area contributed by atoms with Gasteiger partial charge in [-0.05, 0) is 12.8 Å². The van der Waals surface area contributed by atoms with Gasteiger partial charge in [0.2, 0.25) is 0 Å². The van der Waals surface area contributed by atoms with Crippen molar-refractivity contribution in [2.45, 2.75) is 24.7 Å². The highest BCUT2D eigenvalue weighted by Gasteiger charge is 2.54. The largest absolute Gasteiger partial charge is 0.394 e. The SMILES string of the molecule is CS(=O)(=O)C[C@]1(C2CC2)OC[C@H](CO)O1. The molecule has 88 valence electrons. The normalized spacial score (nSPS) is 37.1. The van der Waals surface area contributed by atoms with Gasteiger partial charge < -0.3 is 14.6 Å². The van der Waals surface area contributed by atoms with Crippen molar-refractivity contribution in [1.29, 1.82) is 0 Å². The van der Waals surface area contributed by atoms with Crippen LogP contribution in [-0.2, 0) is 19.3 Å². The predicted octanol–water partition coefficient (Wildman–Crippen LogP) is -0.455. The lowest BCUT2D eigenvalue weighted by molar-refractivity contribution is -0.169. The monoisotopic (exact) mass is 236 g/mol. The molecule has 1 N–H and O–H groups in total. The molecular weight excluding hydrogens is 220 g/mol. The summed E-state index contributed by atoms with van der Waals surface area (Å²) in [6.07, 6.45) is 2.67. The standard InChI is InChI=1S/C9H16O5S/c1-15(11,12)6-9(7-2-3-7)13-5-8(4-10)14-9/h7-8,10H,2-6H2,1H3/t8-,9-/m0/s1. The second-order valence-corrected chi connectivity index (χ2v) is 6.53. The number of aliphatic hydroxyl groups excluding tert-OH is 1. The maximum atomic E-state index is 11.3. The van der Waals surface area contributed by atoms with Gasteiger partial charge in [-0.15, -0.1) is 0 Å².